The van der Waals surface area contributed by atoms with E-state index in [1.54, 1.807) is 6.07 Å². The molecule has 0 aliphatic carbocycles. The lowest BCUT2D eigenvalue weighted by Gasteiger charge is -2.13. The van der Waals surface area contributed by atoms with Crippen LogP contribution in [0.15, 0.2) is 36.4 Å². The zero-order chi connectivity index (χ0) is 14.7. The lowest BCUT2D eigenvalue weighted by atomic mass is 10.0. The third kappa shape index (κ3) is 3.50. The third-order valence-corrected chi connectivity index (χ3v) is 3.25. The Hall–Kier alpha value is -2.03. The number of halogens is 1. The molecule has 2 N–H and O–H groups in total. The molecule has 3 heteroatoms. The van der Waals surface area contributed by atoms with Crippen LogP contribution in [-0.4, -0.2) is 0 Å². The smallest absolute Gasteiger partial charge is 0.125 e. The first kappa shape index (κ1) is 14.4. The van der Waals surface area contributed by atoms with Crippen LogP contribution in [0.3, 0.4) is 0 Å². The molecule has 0 atom stereocenters. The van der Waals surface area contributed by atoms with Crippen LogP contribution in [0.25, 0.3) is 0 Å². The maximum atomic E-state index is 13.3. The van der Waals surface area contributed by atoms with E-state index < -0.39 is 0 Å². The van der Waals surface area contributed by atoms with Crippen LogP contribution in [0.2, 0.25) is 0 Å². The highest BCUT2D eigenvalue weighted by Crippen LogP contribution is 2.25. The van der Waals surface area contributed by atoms with Crippen molar-refractivity contribution >= 4 is 5.69 Å². The normalized spacial score (nSPS) is 10.8. The Labute approximate surface area is 119 Å². The molecular formula is C17H20FNO. The van der Waals surface area contributed by atoms with Crippen LogP contribution in [0, 0.1) is 12.7 Å². The number of benzene rings is 2. The Morgan fingerprint density at radius 2 is 1.90 bits per heavy atom. The van der Waals surface area contributed by atoms with E-state index in [0.29, 0.717) is 18.2 Å². The summed E-state index contributed by atoms with van der Waals surface area (Å²) in [6.45, 7) is 6.59. The minimum absolute atomic E-state index is 0.310. The molecule has 106 valence electrons. The molecule has 0 fully saturated rings. The van der Waals surface area contributed by atoms with Crippen molar-refractivity contribution in [1.82, 2.24) is 0 Å². The van der Waals surface area contributed by atoms with Crippen LogP contribution in [0.5, 0.6) is 5.75 Å². The molecule has 0 saturated heterocycles. The molecule has 0 spiro atoms. The van der Waals surface area contributed by atoms with Crippen molar-refractivity contribution in [3.05, 3.63) is 58.9 Å². The fraction of sp³-hybridized carbons (Fsp3) is 0.294. The van der Waals surface area contributed by atoms with Crippen molar-refractivity contribution in [2.24, 2.45) is 0 Å². The van der Waals surface area contributed by atoms with E-state index in [4.69, 9.17) is 10.5 Å². The number of ether oxygens (including phenoxy) is 1. The predicted octanol–water partition coefficient (Wildman–Crippen LogP) is 4.42. The Bertz CT molecular complexity index is 588. The second-order valence-electron chi connectivity index (χ2n) is 5.36. The van der Waals surface area contributed by atoms with Crippen LogP contribution in [-0.2, 0) is 6.61 Å². The Kier molecular flexibility index (Phi) is 4.28. The number of anilines is 1. The van der Waals surface area contributed by atoms with Gasteiger partial charge in [0.1, 0.15) is 18.2 Å². The number of aryl methyl sites for hydroxylation is 1. The molecule has 0 saturated carbocycles. The highest BCUT2D eigenvalue weighted by Gasteiger charge is 2.06. The number of hydrogen-bond acceptors (Lipinski definition) is 2. The van der Waals surface area contributed by atoms with Crippen molar-refractivity contribution in [2.45, 2.75) is 33.3 Å². The molecule has 0 heterocycles. The first-order valence-corrected chi connectivity index (χ1v) is 6.74. The van der Waals surface area contributed by atoms with Gasteiger partial charge in [-0.3, -0.25) is 0 Å². The number of hydrogen-bond donors (Lipinski definition) is 1. The van der Waals surface area contributed by atoms with Crippen LogP contribution < -0.4 is 10.5 Å². The maximum Gasteiger partial charge on any atom is 0.125 e. The van der Waals surface area contributed by atoms with E-state index in [9.17, 15) is 4.39 Å². The molecule has 0 unspecified atom stereocenters. The highest BCUT2D eigenvalue weighted by atomic mass is 19.1. The van der Waals surface area contributed by atoms with Gasteiger partial charge < -0.3 is 10.5 Å². The summed E-state index contributed by atoms with van der Waals surface area (Å²) in [7, 11) is 0. The Morgan fingerprint density at radius 1 is 1.15 bits per heavy atom. The van der Waals surface area contributed by atoms with E-state index >= 15 is 0 Å². The van der Waals surface area contributed by atoms with E-state index in [-0.39, 0.29) is 5.82 Å². The summed E-state index contributed by atoms with van der Waals surface area (Å²) in [5.41, 5.74) is 9.07. The predicted molar refractivity (Wildman–Crippen MR) is 80.4 cm³/mol. The molecule has 0 amide bonds. The van der Waals surface area contributed by atoms with Gasteiger partial charge in [0.25, 0.3) is 0 Å². The van der Waals surface area contributed by atoms with Crippen LogP contribution >= 0.6 is 0 Å². The van der Waals surface area contributed by atoms with Gasteiger partial charge in [-0.1, -0.05) is 26.0 Å². The summed E-state index contributed by atoms with van der Waals surface area (Å²) in [6, 6.07) is 10.7. The van der Waals surface area contributed by atoms with Gasteiger partial charge in [-0.15, -0.1) is 0 Å². The Morgan fingerprint density at radius 3 is 2.55 bits per heavy atom. The number of nitrogens with two attached hydrogens (primary N) is 1. The second kappa shape index (κ2) is 5.95. The standard InChI is InChI=1S/C17H20FNO/c1-11(2)14-5-4-12(3)17(8-14)20-10-13-6-15(18)9-16(19)7-13/h4-9,11H,10,19H2,1-3H3. The van der Waals surface area contributed by atoms with Crippen molar-refractivity contribution < 1.29 is 9.13 Å². The molecule has 0 radical (unpaired) electrons. The molecule has 0 aliphatic rings. The SMILES string of the molecule is Cc1ccc(C(C)C)cc1OCc1cc(N)cc(F)c1. The van der Waals surface area contributed by atoms with Crippen LogP contribution in [0.4, 0.5) is 10.1 Å². The molecular weight excluding hydrogens is 253 g/mol. The molecule has 0 bridgehead atoms. The van der Waals surface area contributed by atoms with Crippen molar-refractivity contribution in [1.29, 1.82) is 0 Å². The fourth-order valence-corrected chi connectivity index (χ4v) is 2.05. The van der Waals surface area contributed by atoms with Gasteiger partial charge >= 0.3 is 0 Å². The summed E-state index contributed by atoms with van der Waals surface area (Å²) in [5, 5.41) is 0. The first-order chi connectivity index (χ1) is 9.45. The molecule has 2 aromatic rings. The molecule has 2 rings (SSSR count). The van der Waals surface area contributed by atoms with Gasteiger partial charge in [-0.25, -0.2) is 4.39 Å². The molecule has 2 aromatic carbocycles. The zero-order valence-electron chi connectivity index (χ0n) is 12.1. The third-order valence-electron chi connectivity index (χ3n) is 3.25. The molecule has 0 aromatic heterocycles. The first-order valence-electron chi connectivity index (χ1n) is 6.74. The van der Waals surface area contributed by atoms with Gasteiger partial charge in [0.05, 0.1) is 0 Å². The van der Waals surface area contributed by atoms with Gasteiger partial charge in [0.2, 0.25) is 0 Å². The van der Waals surface area contributed by atoms with Gasteiger partial charge in [0.15, 0.2) is 0 Å². The topological polar surface area (TPSA) is 35.2 Å². The average molecular weight is 273 g/mol. The highest BCUT2D eigenvalue weighted by molar-refractivity contribution is 5.42. The second-order valence-corrected chi connectivity index (χ2v) is 5.36. The fourth-order valence-electron chi connectivity index (χ4n) is 2.05. The lowest BCUT2D eigenvalue weighted by molar-refractivity contribution is 0.303. The van der Waals surface area contributed by atoms with Gasteiger partial charge in [-0.05, 0) is 53.8 Å². The van der Waals surface area contributed by atoms with Crippen LogP contribution in [0.1, 0.15) is 36.5 Å². The minimum atomic E-state index is -0.337. The van der Waals surface area contributed by atoms with E-state index in [0.717, 1.165) is 16.9 Å². The maximum absolute atomic E-state index is 13.3. The van der Waals surface area contributed by atoms with E-state index in [1.165, 1.54) is 17.7 Å². The number of rotatable bonds is 4. The molecule has 2 nitrogen and oxygen atoms in total. The summed E-state index contributed by atoms with van der Waals surface area (Å²) in [6.07, 6.45) is 0. The van der Waals surface area contributed by atoms with Crippen molar-refractivity contribution in [3.63, 3.8) is 0 Å². The van der Waals surface area contributed by atoms with E-state index in [1.807, 2.05) is 19.1 Å². The quantitative estimate of drug-likeness (QED) is 0.837. The van der Waals surface area contributed by atoms with Gasteiger partial charge in [-0.2, -0.15) is 0 Å². The summed E-state index contributed by atoms with van der Waals surface area (Å²) >= 11 is 0. The monoisotopic (exact) mass is 273 g/mol. The molecule has 20 heavy (non-hydrogen) atoms. The van der Waals surface area contributed by atoms with Crippen molar-refractivity contribution in [3.8, 4) is 5.75 Å². The summed E-state index contributed by atoms with van der Waals surface area (Å²) in [4.78, 5) is 0. The zero-order valence-corrected chi connectivity index (χ0v) is 12.1. The van der Waals surface area contributed by atoms with Crippen molar-refractivity contribution in [2.75, 3.05) is 5.73 Å². The summed E-state index contributed by atoms with van der Waals surface area (Å²) < 4.78 is 19.1. The Balaban J connectivity index is 2.16. The summed E-state index contributed by atoms with van der Waals surface area (Å²) in [5.74, 6) is 0.943. The average Bonchev–Trinajstić information content (AvgIpc) is 2.36. The molecule has 0 aliphatic heterocycles. The largest absolute Gasteiger partial charge is 0.489 e. The number of nitrogen functional groups attached to an aromatic ring is 1. The van der Waals surface area contributed by atoms with Gasteiger partial charge in [0, 0.05) is 5.69 Å². The minimum Gasteiger partial charge on any atom is -0.489 e. The lowest BCUT2D eigenvalue weighted by Crippen LogP contribution is -2.00. The van der Waals surface area contributed by atoms with E-state index in [2.05, 4.69) is 19.9 Å².